The summed E-state index contributed by atoms with van der Waals surface area (Å²) in [6.45, 7) is 6.89. The zero-order valence-corrected chi connectivity index (χ0v) is 24.8. The molecule has 41 heavy (non-hydrogen) atoms. The van der Waals surface area contributed by atoms with E-state index in [0.29, 0.717) is 14.9 Å². The SMILES string of the molecule is Cc1ccc(-c2cc(CNC(=N)N(C(=O)OC(C)(C)C)S(=O)(=O)c3ccccc3)cnc2-c2ccc(Cl)cc2)cc1. The summed E-state index contributed by atoms with van der Waals surface area (Å²) in [5.74, 6) is -0.651. The monoisotopic (exact) mass is 590 g/mol. The second-order valence-corrected chi connectivity index (χ2v) is 12.6. The van der Waals surface area contributed by atoms with Crippen LogP contribution in [-0.4, -0.2) is 35.4 Å². The molecule has 1 aromatic heterocycles. The lowest BCUT2D eigenvalue weighted by Gasteiger charge is -2.27. The van der Waals surface area contributed by atoms with Gasteiger partial charge in [-0.2, -0.15) is 0 Å². The lowest BCUT2D eigenvalue weighted by Crippen LogP contribution is -2.49. The number of nitrogens with one attached hydrogen (secondary N) is 2. The van der Waals surface area contributed by atoms with Gasteiger partial charge in [-0.15, -0.1) is 4.31 Å². The highest BCUT2D eigenvalue weighted by Crippen LogP contribution is 2.32. The third-order valence-electron chi connectivity index (χ3n) is 5.93. The summed E-state index contributed by atoms with van der Waals surface area (Å²) in [5, 5.41) is 12.0. The molecule has 0 unspecified atom stereocenters. The number of carbonyl (C=O) groups excluding carboxylic acids is 1. The van der Waals surface area contributed by atoms with Crippen LogP contribution in [0.4, 0.5) is 4.79 Å². The summed E-state index contributed by atoms with van der Waals surface area (Å²) in [7, 11) is -4.43. The zero-order valence-electron chi connectivity index (χ0n) is 23.2. The second kappa shape index (κ2) is 12.1. The van der Waals surface area contributed by atoms with E-state index in [9.17, 15) is 13.2 Å². The molecule has 0 fully saturated rings. The number of pyridine rings is 1. The maximum atomic E-state index is 13.4. The lowest BCUT2D eigenvalue weighted by molar-refractivity contribution is 0.0460. The molecule has 0 aliphatic carbocycles. The van der Waals surface area contributed by atoms with Crippen LogP contribution in [0.3, 0.4) is 0 Å². The van der Waals surface area contributed by atoms with E-state index in [2.05, 4.69) is 5.32 Å². The fourth-order valence-electron chi connectivity index (χ4n) is 3.96. The van der Waals surface area contributed by atoms with Crippen LogP contribution in [0.15, 0.2) is 96.0 Å². The van der Waals surface area contributed by atoms with Crippen LogP contribution in [0.25, 0.3) is 22.4 Å². The molecule has 0 aliphatic rings. The standard InChI is InChI=1S/C31H31ClN4O4S/c1-21-10-12-23(13-11-21)27-18-22(19-34-28(27)24-14-16-25(32)17-15-24)20-35-29(33)36(30(37)40-31(2,3)4)41(38,39)26-8-6-5-7-9-26/h5-19H,20H2,1-4H3,(H2,33,35). The molecule has 4 aromatic rings. The molecule has 8 nitrogen and oxygen atoms in total. The third-order valence-corrected chi connectivity index (χ3v) is 7.86. The van der Waals surface area contributed by atoms with Crippen LogP contribution in [0.5, 0.6) is 0 Å². The number of benzene rings is 3. The maximum absolute atomic E-state index is 13.4. The molecule has 2 N–H and O–H groups in total. The molecule has 0 saturated carbocycles. The number of sulfonamides is 1. The third kappa shape index (κ3) is 7.31. The van der Waals surface area contributed by atoms with Crippen molar-refractivity contribution in [2.75, 3.05) is 0 Å². The Morgan fingerprint density at radius 2 is 1.59 bits per heavy atom. The van der Waals surface area contributed by atoms with E-state index in [1.54, 1.807) is 45.2 Å². The highest BCUT2D eigenvalue weighted by atomic mass is 35.5. The average Bonchev–Trinajstić information content (AvgIpc) is 2.92. The summed E-state index contributed by atoms with van der Waals surface area (Å²) < 4.78 is 32.5. The number of amides is 1. The Kier molecular flexibility index (Phi) is 8.80. The van der Waals surface area contributed by atoms with Gasteiger partial charge >= 0.3 is 6.09 Å². The molecule has 0 bridgehead atoms. The Morgan fingerprint density at radius 3 is 2.20 bits per heavy atom. The van der Waals surface area contributed by atoms with E-state index < -0.39 is 27.7 Å². The van der Waals surface area contributed by atoms with E-state index in [1.807, 2.05) is 49.4 Å². The van der Waals surface area contributed by atoms with Crippen LogP contribution in [0, 0.1) is 12.3 Å². The molecule has 0 radical (unpaired) electrons. The highest BCUT2D eigenvalue weighted by Gasteiger charge is 2.36. The zero-order chi connectivity index (χ0) is 29.8. The topological polar surface area (TPSA) is 112 Å². The molecule has 212 valence electrons. The number of nitrogens with zero attached hydrogens (tertiary/aromatic N) is 2. The first-order valence-corrected chi connectivity index (χ1v) is 14.6. The number of aryl methyl sites for hydroxylation is 1. The highest BCUT2D eigenvalue weighted by molar-refractivity contribution is 7.90. The number of hydrogen-bond donors (Lipinski definition) is 2. The van der Waals surface area contributed by atoms with Gasteiger partial charge in [0.05, 0.1) is 10.6 Å². The molecule has 0 spiro atoms. The Labute approximate surface area is 245 Å². The van der Waals surface area contributed by atoms with Crippen molar-refractivity contribution in [1.29, 1.82) is 5.41 Å². The van der Waals surface area contributed by atoms with E-state index in [1.165, 1.54) is 24.3 Å². The first-order chi connectivity index (χ1) is 19.3. The van der Waals surface area contributed by atoms with Gasteiger partial charge in [-0.25, -0.2) is 13.2 Å². The maximum Gasteiger partial charge on any atom is 0.431 e. The van der Waals surface area contributed by atoms with Gasteiger partial charge in [0.15, 0.2) is 0 Å². The molecule has 1 amide bonds. The van der Waals surface area contributed by atoms with Crippen molar-refractivity contribution in [3.63, 3.8) is 0 Å². The molecule has 0 aliphatic heterocycles. The average molecular weight is 591 g/mol. The van der Waals surface area contributed by atoms with Crippen LogP contribution in [-0.2, 0) is 21.3 Å². The summed E-state index contributed by atoms with van der Waals surface area (Å²) in [6, 6.07) is 24.8. The van der Waals surface area contributed by atoms with Gasteiger partial charge < -0.3 is 10.1 Å². The summed E-state index contributed by atoms with van der Waals surface area (Å²) in [4.78, 5) is 17.6. The second-order valence-electron chi connectivity index (χ2n) is 10.4. The van der Waals surface area contributed by atoms with E-state index in [-0.39, 0.29) is 11.4 Å². The van der Waals surface area contributed by atoms with Gasteiger partial charge in [0.1, 0.15) is 5.60 Å². The molecule has 10 heteroatoms. The quantitative estimate of drug-likeness (QED) is 0.184. The van der Waals surface area contributed by atoms with Crippen molar-refractivity contribution in [3.8, 4) is 22.4 Å². The van der Waals surface area contributed by atoms with Crippen molar-refractivity contribution in [3.05, 3.63) is 107 Å². The van der Waals surface area contributed by atoms with Crippen molar-refractivity contribution in [2.24, 2.45) is 0 Å². The molecule has 4 rings (SSSR count). The number of carbonyl (C=O) groups is 1. The first kappa shape index (κ1) is 29.8. The number of aromatic nitrogens is 1. The van der Waals surface area contributed by atoms with Crippen molar-refractivity contribution in [2.45, 2.75) is 44.7 Å². The van der Waals surface area contributed by atoms with E-state index >= 15 is 0 Å². The van der Waals surface area contributed by atoms with Crippen molar-refractivity contribution in [1.82, 2.24) is 14.6 Å². The number of halogens is 1. The minimum Gasteiger partial charge on any atom is -0.443 e. The van der Waals surface area contributed by atoms with Crippen LogP contribution >= 0.6 is 11.6 Å². The van der Waals surface area contributed by atoms with Gasteiger partial charge in [-0.3, -0.25) is 10.4 Å². The summed E-state index contributed by atoms with van der Waals surface area (Å²) in [6.07, 6.45) is 0.459. The molecular formula is C31H31ClN4O4S. The normalized spacial score (nSPS) is 11.5. The number of hydrogen-bond acceptors (Lipinski definition) is 6. The van der Waals surface area contributed by atoms with Gasteiger partial charge in [0, 0.05) is 28.9 Å². The van der Waals surface area contributed by atoms with Crippen LogP contribution in [0.1, 0.15) is 31.9 Å². The number of rotatable bonds is 6. The lowest BCUT2D eigenvalue weighted by atomic mass is 9.97. The minimum absolute atomic E-state index is 0.0230. The Morgan fingerprint density at radius 1 is 0.976 bits per heavy atom. The Bertz CT molecular complexity index is 1650. The van der Waals surface area contributed by atoms with Crippen molar-refractivity contribution >= 4 is 33.7 Å². The smallest absolute Gasteiger partial charge is 0.431 e. The number of guanidine groups is 1. The molecule has 0 saturated heterocycles. The first-order valence-electron chi connectivity index (χ1n) is 12.8. The molecule has 3 aromatic carbocycles. The predicted octanol–water partition coefficient (Wildman–Crippen LogP) is 7.03. The van der Waals surface area contributed by atoms with Crippen molar-refractivity contribution < 1.29 is 17.9 Å². The van der Waals surface area contributed by atoms with Gasteiger partial charge in [-0.1, -0.05) is 71.8 Å². The van der Waals surface area contributed by atoms with Gasteiger partial charge in [0.25, 0.3) is 10.0 Å². The van der Waals surface area contributed by atoms with E-state index in [0.717, 1.165) is 27.9 Å². The van der Waals surface area contributed by atoms with Crippen LogP contribution < -0.4 is 5.32 Å². The fraction of sp³-hybridized carbons (Fsp3) is 0.194. The van der Waals surface area contributed by atoms with Gasteiger partial charge in [-0.05, 0) is 69.2 Å². The van der Waals surface area contributed by atoms with Crippen LogP contribution in [0.2, 0.25) is 5.02 Å². The Balaban J connectivity index is 1.66. The largest absolute Gasteiger partial charge is 0.443 e. The minimum atomic E-state index is -4.43. The molecule has 1 heterocycles. The fourth-order valence-corrected chi connectivity index (χ4v) is 5.34. The summed E-state index contributed by atoms with van der Waals surface area (Å²) >= 11 is 6.10. The predicted molar refractivity (Wildman–Crippen MR) is 161 cm³/mol. The number of ether oxygens (including phenoxy) is 1. The van der Waals surface area contributed by atoms with Gasteiger partial charge in [0.2, 0.25) is 5.96 Å². The summed E-state index contributed by atoms with van der Waals surface area (Å²) in [5.41, 5.74) is 4.21. The molecular weight excluding hydrogens is 560 g/mol. The molecule has 0 atom stereocenters. The Hall–Kier alpha value is -4.21. The van der Waals surface area contributed by atoms with E-state index in [4.69, 9.17) is 26.7 Å².